The molecule has 0 heterocycles. The SMILES string of the molecule is O=C(Nc1cc(Cl)ccc1F)c1ccc(F)cc1. The van der Waals surface area contributed by atoms with E-state index in [1.165, 1.54) is 24.3 Å². The van der Waals surface area contributed by atoms with Crippen LogP contribution in [0.1, 0.15) is 10.4 Å². The first kappa shape index (κ1) is 12.5. The lowest BCUT2D eigenvalue weighted by atomic mass is 10.2. The lowest BCUT2D eigenvalue weighted by Crippen LogP contribution is -2.12. The molecule has 0 radical (unpaired) electrons. The summed E-state index contributed by atoms with van der Waals surface area (Å²) in [7, 11) is 0. The molecule has 92 valence electrons. The fourth-order valence-corrected chi connectivity index (χ4v) is 1.56. The number of carbonyl (C=O) groups excluding carboxylic acids is 1. The molecule has 0 saturated carbocycles. The van der Waals surface area contributed by atoms with Gasteiger partial charge in [0.1, 0.15) is 11.6 Å². The monoisotopic (exact) mass is 267 g/mol. The van der Waals surface area contributed by atoms with E-state index in [1.54, 1.807) is 0 Å². The van der Waals surface area contributed by atoms with Crippen LogP contribution in [0.25, 0.3) is 0 Å². The number of nitrogens with one attached hydrogen (secondary N) is 1. The van der Waals surface area contributed by atoms with E-state index in [1.807, 2.05) is 0 Å². The molecule has 0 fully saturated rings. The zero-order valence-electron chi connectivity index (χ0n) is 9.08. The normalized spacial score (nSPS) is 10.2. The molecule has 1 N–H and O–H groups in total. The second-order valence-corrected chi connectivity index (χ2v) is 4.02. The van der Waals surface area contributed by atoms with E-state index in [0.717, 1.165) is 18.2 Å². The van der Waals surface area contributed by atoms with Crippen molar-refractivity contribution in [3.05, 3.63) is 64.7 Å². The van der Waals surface area contributed by atoms with E-state index in [4.69, 9.17) is 11.6 Å². The third kappa shape index (κ3) is 2.84. The molecule has 2 rings (SSSR count). The highest BCUT2D eigenvalue weighted by molar-refractivity contribution is 6.31. The van der Waals surface area contributed by atoms with Gasteiger partial charge in [-0.05, 0) is 42.5 Å². The second kappa shape index (κ2) is 5.14. The maximum atomic E-state index is 13.4. The minimum Gasteiger partial charge on any atom is -0.319 e. The van der Waals surface area contributed by atoms with Crippen LogP contribution in [0.15, 0.2) is 42.5 Å². The molecule has 5 heteroatoms. The Labute approximate surface area is 107 Å². The number of carbonyl (C=O) groups is 1. The molecular formula is C13H8ClF2NO. The van der Waals surface area contributed by atoms with Crippen molar-refractivity contribution in [2.75, 3.05) is 5.32 Å². The predicted molar refractivity (Wildman–Crippen MR) is 65.8 cm³/mol. The number of hydrogen-bond donors (Lipinski definition) is 1. The Balaban J connectivity index is 2.21. The predicted octanol–water partition coefficient (Wildman–Crippen LogP) is 3.87. The molecule has 18 heavy (non-hydrogen) atoms. The molecule has 0 spiro atoms. The van der Waals surface area contributed by atoms with Crippen molar-refractivity contribution in [1.29, 1.82) is 0 Å². The van der Waals surface area contributed by atoms with E-state index in [-0.39, 0.29) is 11.3 Å². The van der Waals surface area contributed by atoms with Crippen molar-refractivity contribution in [3.8, 4) is 0 Å². The van der Waals surface area contributed by atoms with Crippen LogP contribution in [0.4, 0.5) is 14.5 Å². The first-order chi connectivity index (χ1) is 8.56. The first-order valence-corrected chi connectivity index (χ1v) is 5.46. The Morgan fingerprint density at radius 2 is 1.72 bits per heavy atom. The van der Waals surface area contributed by atoms with Crippen LogP contribution in [0.5, 0.6) is 0 Å². The van der Waals surface area contributed by atoms with Crippen LogP contribution >= 0.6 is 11.6 Å². The highest BCUT2D eigenvalue weighted by Crippen LogP contribution is 2.20. The molecule has 0 aliphatic carbocycles. The number of anilines is 1. The average Bonchev–Trinajstić information content (AvgIpc) is 2.34. The van der Waals surface area contributed by atoms with Gasteiger partial charge in [-0.1, -0.05) is 11.6 Å². The summed E-state index contributed by atoms with van der Waals surface area (Å²) >= 11 is 5.70. The number of benzene rings is 2. The van der Waals surface area contributed by atoms with Crippen LogP contribution in [0.2, 0.25) is 5.02 Å². The van der Waals surface area contributed by atoms with Crippen molar-refractivity contribution < 1.29 is 13.6 Å². The summed E-state index contributed by atoms with van der Waals surface area (Å²) in [5.41, 5.74) is 0.215. The van der Waals surface area contributed by atoms with Gasteiger partial charge < -0.3 is 5.32 Å². The number of amides is 1. The summed E-state index contributed by atoms with van der Waals surface area (Å²) < 4.78 is 26.1. The van der Waals surface area contributed by atoms with Gasteiger partial charge in [-0.15, -0.1) is 0 Å². The maximum Gasteiger partial charge on any atom is 0.255 e. The Bertz CT molecular complexity index is 584. The van der Waals surface area contributed by atoms with Gasteiger partial charge in [0.05, 0.1) is 5.69 Å². The molecular weight excluding hydrogens is 260 g/mol. The van der Waals surface area contributed by atoms with Gasteiger partial charge in [0.25, 0.3) is 5.91 Å². The molecule has 0 bridgehead atoms. The smallest absolute Gasteiger partial charge is 0.255 e. The molecule has 1 amide bonds. The molecule has 0 aliphatic rings. The molecule has 0 unspecified atom stereocenters. The van der Waals surface area contributed by atoms with E-state index >= 15 is 0 Å². The molecule has 0 aromatic heterocycles. The van der Waals surface area contributed by atoms with Crippen LogP contribution in [0.3, 0.4) is 0 Å². The van der Waals surface area contributed by atoms with Gasteiger partial charge in [0, 0.05) is 10.6 Å². The summed E-state index contributed by atoms with van der Waals surface area (Å²) in [6, 6.07) is 8.78. The topological polar surface area (TPSA) is 29.1 Å². The van der Waals surface area contributed by atoms with Gasteiger partial charge in [0.15, 0.2) is 0 Å². The highest BCUT2D eigenvalue weighted by atomic mass is 35.5. The van der Waals surface area contributed by atoms with Gasteiger partial charge in [0.2, 0.25) is 0 Å². The molecule has 2 nitrogen and oxygen atoms in total. The number of hydrogen-bond acceptors (Lipinski definition) is 1. The number of halogens is 3. The summed E-state index contributed by atoms with van der Waals surface area (Å²) in [5, 5.41) is 2.68. The largest absolute Gasteiger partial charge is 0.319 e. The van der Waals surface area contributed by atoms with Gasteiger partial charge in [-0.2, -0.15) is 0 Å². The highest BCUT2D eigenvalue weighted by Gasteiger charge is 2.09. The minimum atomic E-state index is -0.588. The fourth-order valence-electron chi connectivity index (χ4n) is 1.39. The van der Waals surface area contributed by atoms with Crippen molar-refractivity contribution in [2.24, 2.45) is 0 Å². The van der Waals surface area contributed by atoms with E-state index < -0.39 is 17.5 Å². The Kier molecular flexibility index (Phi) is 3.58. The molecule has 0 atom stereocenters. The Hall–Kier alpha value is -1.94. The van der Waals surface area contributed by atoms with Gasteiger partial charge in [-0.3, -0.25) is 4.79 Å². The Morgan fingerprint density at radius 3 is 2.39 bits per heavy atom. The maximum absolute atomic E-state index is 13.4. The van der Waals surface area contributed by atoms with E-state index in [9.17, 15) is 13.6 Å². The van der Waals surface area contributed by atoms with Crippen LogP contribution in [-0.4, -0.2) is 5.91 Å². The lowest BCUT2D eigenvalue weighted by molar-refractivity contribution is 0.102. The van der Waals surface area contributed by atoms with Crippen molar-refractivity contribution >= 4 is 23.2 Å². The molecule has 2 aromatic rings. The third-order valence-electron chi connectivity index (χ3n) is 2.28. The van der Waals surface area contributed by atoms with Crippen molar-refractivity contribution in [3.63, 3.8) is 0 Å². The Morgan fingerprint density at radius 1 is 1.06 bits per heavy atom. The van der Waals surface area contributed by atoms with Gasteiger partial charge >= 0.3 is 0 Å². The van der Waals surface area contributed by atoms with E-state index in [0.29, 0.717) is 5.02 Å². The van der Waals surface area contributed by atoms with Crippen LogP contribution in [-0.2, 0) is 0 Å². The standard InChI is InChI=1S/C13H8ClF2NO/c14-9-3-6-11(16)12(7-9)17-13(18)8-1-4-10(15)5-2-8/h1-7H,(H,17,18). The molecule has 0 aliphatic heterocycles. The summed E-state index contributed by atoms with van der Waals surface area (Å²) in [6.07, 6.45) is 0. The van der Waals surface area contributed by atoms with Crippen molar-refractivity contribution in [1.82, 2.24) is 0 Å². The minimum absolute atomic E-state index is 0.0168. The quantitative estimate of drug-likeness (QED) is 0.879. The summed E-state index contributed by atoms with van der Waals surface area (Å²) in [5.74, 6) is -1.56. The average molecular weight is 268 g/mol. The van der Waals surface area contributed by atoms with Gasteiger partial charge in [-0.25, -0.2) is 8.78 Å². The van der Waals surface area contributed by atoms with Crippen LogP contribution in [0, 0.1) is 11.6 Å². The molecule has 0 saturated heterocycles. The number of rotatable bonds is 2. The summed E-state index contributed by atoms with van der Waals surface area (Å²) in [4.78, 5) is 11.7. The van der Waals surface area contributed by atoms with E-state index in [2.05, 4.69) is 5.32 Å². The second-order valence-electron chi connectivity index (χ2n) is 3.59. The summed E-state index contributed by atoms with van der Waals surface area (Å²) in [6.45, 7) is 0. The van der Waals surface area contributed by atoms with Crippen molar-refractivity contribution in [2.45, 2.75) is 0 Å². The zero-order chi connectivity index (χ0) is 13.1. The zero-order valence-corrected chi connectivity index (χ0v) is 9.84. The molecule has 2 aromatic carbocycles. The first-order valence-electron chi connectivity index (χ1n) is 5.08. The lowest BCUT2D eigenvalue weighted by Gasteiger charge is -2.06. The third-order valence-corrected chi connectivity index (χ3v) is 2.52. The van der Waals surface area contributed by atoms with Crippen LogP contribution < -0.4 is 5.32 Å². The fraction of sp³-hybridized carbons (Fsp3) is 0.